The molecule has 2 rings (SSSR count). The van der Waals surface area contributed by atoms with Crippen LogP contribution in [0.2, 0.25) is 5.02 Å². The minimum Gasteiger partial charge on any atom is -0.369 e. The van der Waals surface area contributed by atoms with Crippen molar-refractivity contribution in [3.05, 3.63) is 45.7 Å². The molecule has 0 fully saturated rings. The Morgan fingerprint density at radius 3 is 2.50 bits per heavy atom. The molecule has 0 saturated heterocycles. The fraction of sp³-hybridized carbons (Fsp3) is 0.0909. The zero-order valence-electron chi connectivity index (χ0n) is 8.64. The summed E-state index contributed by atoms with van der Waals surface area (Å²) in [4.78, 5) is 15.6. The normalized spacial score (nSPS) is 10.4. The minimum atomic E-state index is -0.183. The summed E-state index contributed by atoms with van der Waals surface area (Å²) in [5, 5.41) is 0.639. The quantitative estimate of drug-likeness (QED) is 0.818. The van der Waals surface area contributed by atoms with Gasteiger partial charge in [-0.15, -0.1) is 0 Å². The summed E-state index contributed by atoms with van der Waals surface area (Å²) in [6, 6.07) is 8.52. The molecule has 82 valence electrons. The smallest absolute Gasteiger partial charge is 0.255 e. The zero-order chi connectivity index (χ0) is 11.7. The van der Waals surface area contributed by atoms with Gasteiger partial charge in [0.2, 0.25) is 5.95 Å². The molecule has 0 aliphatic rings. The average molecular weight is 236 g/mol. The average Bonchev–Trinajstić information content (AvgIpc) is 2.26. The van der Waals surface area contributed by atoms with E-state index in [0.29, 0.717) is 10.7 Å². The molecule has 1 aromatic carbocycles. The third kappa shape index (κ3) is 1.92. The molecule has 5 heteroatoms. The molecule has 0 unspecified atom stereocenters. The second-order valence-corrected chi connectivity index (χ2v) is 3.84. The van der Waals surface area contributed by atoms with Crippen LogP contribution in [0.15, 0.2) is 35.1 Å². The third-order valence-corrected chi connectivity index (χ3v) is 2.56. The highest BCUT2D eigenvalue weighted by Crippen LogP contribution is 2.18. The van der Waals surface area contributed by atoms with Crippen LogP contribution >= 0.6 is 11.6 Å². The number of nitrogens with zero attached hydrogens (tertiary/aromatic N) is 2. The molecule has 2 N–H and O–H groups in total. The number of halogens is 1. The second-order valence-electron chi connectivity index (χ2n) is 3.40. The number of anilines is 1. The van der Waals surface area contributed by atoms with Crippen LogP contribution in [0.25, 0.3) is 11.3 Å². The second kappa shape index (κ2) is 3.98. The van der Waals surface area contributed by atoms with E-state index in [2.05, 4.69) is 4.98 Å². The Balaban J connectivity index is 2.57. The molecule has 0 saturated carbocycles. The Kier molecular flexibility index (Phi) is 2.66. The lowest BCUT2D eigenvalue weighted by Gasteiger charge is -2.05. The summed E-state index contributed by atoms with van der Waals surface area (Å²) in [6.07, 6.45) is 0. The van der Waals surface area contributed by atoms with Crippen LogP contribution in [0.4, 0.5) is 5.95 Å². The highest BCUT2D eigenvalue weighted by atomic mass is 35.5. The Morgan fingerprint density at radius 1 is 1.31 bits per heavy atom. The third-order valence-electron chi connectivity index (χ3n) is 2.31. The zero-order valence-corrected chi connectivity index (χ0v) is 9.40. The number of nitrogens with two attached hydrogens (primary N) is 1. The summed E-state index contributed by atoms with van der Waals surface area (Å²) >= 11 is 5.78. The predicted molar refractivity (Wildman–Crippen MR) is 64.3 cm³/mol. The van der Waals surface area contributed by atoms with Crippen LogP contribution in [0.5, 0.6) is 0 Å². The van der Waals surface area contributed by atoms with Gasteiger partial charge in [-0.1, -0.05) is 23.7 Å². The monoisotopic (exact) mass is 235 g/mol. The first kappa shape index (κ1) is 10.7. The van der Waals surface area contributed by atoms with Gasteiger partial charge in [0.05, 0.1) is 5.69 Å². The highest BCUT2D eigenvalue weighted by molar-refractivity contribution is 6.30. The lowest BCUT2D eigenvalue weighted by atomic mass is 10.1. The molecule has 16 heavy (non-hydrogen) atoms. The molecular weight excluding hydrogens is 226 g/mol. The van der Waals surface area contributed by atoms with Crippen LogP contribution < -0.4 is 11.3 Å². The van der Waals surface area contributed by atoms with E-state index in [-0.39, 0.29) is 11.5 Å². The molecule has 0 radical (unpaired) electrons. The van der Waals surface area contributed by atoms with E-state index in [4.69, 9.17) is 17.3 Å². The summed E-state index contributed by atoms with van der Waals surface area (Å²) in [7, 11) is 1.58. The number of rotatable bonds is 1. The van der Waals surface area contributed by atoms with Gasteiger partial charge < -0.3 is 5.73 Å². The van der Waals surface area contributed by atoms with Crippen molar-refractivity contribution < 1.29 is 0 Å². The topological polar surface area (TPSA) is 60.9 Å². The summed E-state index contributed by atoms with van der Waals surface area (Å²) in [6.45, 7) is 0. The molecular formula is C11H10ClN3O. The van der Waals surface area contributed by atoms with E-state index in [0.717, 1.165) is 5.56 Å². The van der Waals surface area contributed by atoms with E-state index in [1.54, 1.807) is 31.3 Å². The first-order chi connectivity index (χ1) is 7.58. The van der Waals surface area contributed by atoms with Crippen molar-refractivity contribution in [1.29, 1.82) is 0 Å². The van der Waals surface area contributed by atoms with Crippen molar-refractivity contribution in [2.75, 3.05) is 5.73 Å². The van der Waals surface area contributed by atoms with Crippen LogP contribution in [0.3, 0.4) is 0 Å². The number of aromatic nitrogens is 2. The van der Waals surface area contributed by atoms with Gasteiger partial charge in [-0.05, 0) is 12.1 Å². The van der Waals surface area contributed by atoms with E-state index in [1.165, 1.54) is 10.6 Å². The number of benzene rings is 1. The number of hydrogen-bond acceptors (Lipinski definition) is 3. The lowest BCUT2D eigenvalue weighted by Crippen LogP contribution is -2.20. The highest BCUT2D eigenvalue weighted by Gasteiger charge is 2.04. The Hall–Kier alpha value is -1.81. The number of hydrogen-bond donors (Lipinski definition) is 1. The van der Waals surface area contributed by atoms with Crippen molar-refractivity contribution in [2.45, 2.75) is 0 Å². The van der Waals surface area contributed by atoms with Gasteiger partial charge in [0.25, 0.3) is 5.56 Å². The maximum Gasteiger partial charge on any atom is 0.255 e. The molecule has 1 heterocycles. The van der Waals surface area contributed by atoms with Crippen LogP contribution in [-0.4, -0.2) is 9.55 Å². The van der Waals surface area contributed by atoms with Crippen molar-refractivity contribution in [3.63, 3.8) is 0 Å². The van der Waals surface area contributed by atoms with Crippen molar-refractivity contribution >= 4 is 17.5 Å². The van der Waals surface area contributed by atoms with E-state index in [1.807, 2.05) is 0 Å². The van der Waals surface area contributed by atoms with Gasteiger partial charge in [0, 0.05) is 23.7 Å². The van der Waals surface area contributed by atoms with Crippen molar-refractivity contribution in [1.82, 2.24) is 9.55 Å². The minimum absolute atomic E-state index is 0.183. The summed E-state index contributed by atoms with van der Waals surface area (Å²) < 4.78 is 1.29. The van der Waals surface area contributed by atoms with Gasteiger partial charge >= 0.3 is 0 Å². The Labute approximate surface area is 97.3 Å². The maximum atomic E-state index is 11.5. The Morgan fingerprint density at radius 2 is 1.94 bits per heavy atom. The fourth-order valence-corrected chi connectivity index (χ4v) is 1.45. The maximum absolute atomic E-state index is 11.5. The molecule has 4 nitrogen and oxygen atoms in total. The first-order valence-corrected chi connectivity index (χ1v) is 5.05. The molecule has 0 bridgehead atoms. The van der Waals surface area contributed by atoms with E-state index in [9.17, 15) is 4.79 Å². The molecule has 2 aromatic rings. The largest absolute Gasteiger partial charge is 0.369 e. The fourth-order valence-electron chi connectivity index (χ4n) is 1.33. The standard InChI is InChI=1S/C11H10ClN3O/c1-15-10(16)6-9(14-11(15)13)7-2-4-8(12)5-3-7/h2-6H,1H3,(H2,13,14). The van der Waals surface area contributed by atoms with E-state index < -0.39 is 0 Å². The number of nitrogen functional groups attached to an aromatic ring is 1. The molecule has 0 atom stereocenters. The first-order valence-electron chi connectivity index (χ1n) is 4.67. The van der Waals surface area contributed by atoms with Gasteiger partial charge in [-0.2, -0.15) is 0 Å². The lowest BCUT2D eigenvalue weighted by molar-refractivity contribution is 0.845. The predicted octanol–water partition coefficient (Wildman–Crippen LogP) is 1.68. The van der Waals surface area contributed by atoms with Gasteiger partial charge in [-0.3, -0.25) is 9.36 Å². The van der Waals surface area contributed by atoms with Crippen LogP contribution in [0.1, 0.15) is 0 Å². The molecule has 0 aliphatic heterocycles. The summed E-state index contributed by atoms with van der Waals surface area (Å²) in [5.41, 5.74) is 6.80. The van der Waals surface area contributed by atoms with Crippen molar-refractivity contribution in [3.8, 4) is 11.3 Å². The van der Waals surface area contributed by atoms with Crippen LogP contribution in [-0.2, 0) is 7.05 Å². The summed E-state index contributed by atoms with van der Waals surface area (Å²) in [5.74, 6) is 0.192. The Bertz CT molecular complexity index is 575. The molecule has 0 amide bonds. The van der Waals surface area contributed by atoms with Gasteiger partial charge in [0.1, 0.15) is 0 Å². The molecule has 0 spiro atoms. The van der Waals surface area contributed by atoms with Crippen LogP contribution in [0, 0.1) is 0 Å². The molecule has 0 aliphatic carbocycles. The van der Waals surface area contributed by atoms with E-state index >= 15 is 0 Å². The van der Waals surface area contributed by atoms with Crippen molar-refractivity contribution in [2.24, 2.45) is 7.05 Å². The van der Waals surface area contributed by atoms with Gasteiger partial charge in [0.15, 0.2) is 0 Å². The SMILES string of the molecule is Cn1c(N)nc(-c2ccc(Cl)cc2)cc1=O. The molecule has 1 aromatic heterocycles. The van der Waals surface area contributed by atoms with Gasteiger partial charge in [-0.25, -0.2) is 4.98 Å².